The van der Waals surface area contributed by atoms with Gasteiger partial charge in [0.25, 0.3) is 0 Å². The Balaban J connectivity index is 1.67. The Bertz CT molecular complexity index is 902. The number of thiophene rings is 1. The molecule has 0 radical (unpaired) electrons. The first-order valence-corrected chi connectivity index (χ1v) is 10.2. The minimum absolute atomic E-state index is 0.249. The monoisotopic (exact) mass is 386 g/mol. The fourth-order valence-corrected chi connectivity index (χ4v) is 4.35. The van der Waals surface area contributed by atoms with E-state index in [0.29, 0.717) is 19.8 Å². The Hall–Kier alpha value is -1.80. The number of hydrogen-bond donors (Lipinski definition) is 1. The molecule has 5 nitrogen and oxygen atoms in total. The quantitative estimate of drug-likeness (QED) is 0.681. The zero-order valence-corrected chi connectivity index (χ0v) is 16.1. The Morgan fingerprint density at radius 2 is 2.04 bits per heavy atom. The van der Waals surface area contributed by atoms with Crippen molar-refractivity contribution in [2.45, 2.75) is 32.2 Å². The molecule has 7 heteroatoms. The number of β-amino-alcohol motifs (C(OH)–C–C–N with tert-alkyl or cyclic N) is 1. The third-order valence-electron chi connectivity index (χ3n) is 4.66. The molecule has 0 bridgehead atoms. The van der Waals surface area contributed by atoms with Crippen molar-refractivity contribution in [3.8, 4) is 10.7 Å². The van der Waals surface area contributed by atoms with E-state index < -0.39 is 0 Å². The van der Waals surface area contributed by atoms with Crippen LogP contribution in [-0.2, 0) is 13.2 Å². The second-order valence-corrected chi connectivity index (χ2v) is 7.98. The number of piperidine rings is 1. The van der Waals surface area contributed by atoms with Crippen molar-refractivity contribution in [3.63, 3.8) is 0 Å². The lowest BCUT2D eigenvalue weighted by molar-refractivity contribution is 0.0513. The molecule has 0 aliphatic carbocycles. The summed E-state index contributed by atoms with van der Waals surface area (Å²) in [7, 11) is 0. The van der Waals surface area contributed by atoms with E-state index in [1.807, 2.05) is 28.9 Å². The first kappa shape index (κ1) is 17.6. The van der Waals surface area contributed by atoms with Crippen LogP contribution >= 0.6 is 23.6 Å². The second kappa shape index (κ2) is 7.84. The third kappa shape index (κ3) is 3.81. The maximum absolute atomic E-state index is 9.93. The molecule has 1 aliphatic heterocycles. The molecule has 2 aromatic heterocycles. The maximum Gasteiger partial charge on any atom is 0.199 e. The predicted molar refractivity (Wildman–Crippen MR) is 107 cm³/mol. The Morgan fingerprint density at radius 1 is 1.19 bits per heavy atom. The molecular weight excluding hydrogens is 364 g/mol. The summed E-state index contributed by atoms with van der Waals surface area (Å²) >= 11 is 7.44. The molecule has 3 heterocycles. The van der Waals surface area contributed by atoms with E-state index >= 15 is 0 Å². The first-order chi connectivity index (χ1) is 12.7. The second-order valence-electron chi connectivity index (χ2n) is 6.67. The van der Waals surface area contributed by atoms with Gasteiger partial charge in [0.1, 0.15) is 0 Å². The van der Waals surface area contributed by atoms with Crippen LogP contribution in [0.15, 0.2) is 47.8 Å². The van der Waals surface area contributed by atoms with Crippen molar-refractivity contribution < 1.29 is 5.11 Å². The molecule has 0 amide bonds. The highest BCUT2D eigenvalue weighted by molar-refractivity contribution is 7.71. The van der Waals surface area contributed by atoms with Crippen LogP contribution in [0, 0.1) is 4.77 Å². The lowest BCUT2D eigenvalue weighted by Gasteiger charge is -2.29. The fourth-order valence-electron chi connectivity index (χ4n) is 3.38. The van der Waals surface area contributed by atoms with Crippen molar-refractivity contribution in [1.82, 2.24) is 19.2 Å². The summed E-state index contributed by atoms with van der Waals surface area (Å²) in [6, 6.07) is 14.4. The van der Waals surface area contributed by atoms with Crippen LogP contribution in [0.2, 0.25) is 0 Å². The number of aliphatic hydroxyl groups excluding tert-OH is 1. The van der Waals surface area contributed by atoms with Crippen LogP contribution in [0.25, 0.3) is 10.7 Å². The molecule has 1 atom stereocenters. The predicted octanol–water partition coefficient (Wildman–Crippen LogP) is 3.61. The summed E-state index contributed by atoms with van der Waals surface area (Å²) in [6.45, 7) is 2.98. The van der Waals surface area contributed by atoms with Gasteiger partial charge < -0.3 is 5.11 Å². The van der Waals surface area contributed by atoms with Gasteiger partial charge in [0, 0.05) is 13.1 Å². The highest BCUT2D eigenvalue weighted by Gasteiger charge is 2.20. The van der Waals surface area contributed by atoms with Gasteiger partial charge in [-0.3, -0.25) is 9.47 Å². The van der Waals surface area contributed by atoms with E-state index in [4.69, 9.17) is 17.3 Å². The maximum atomic E-state index is 9.93. The number of aromatic nitrogens is 3. The van der Waals surface area contributed by atoms with Crippen LogP contribution in [0.3, 0.4) is 0 Å². The molecule has 0 spiro atoms. The number of hydrogen-bond acceptors (Lipinski definition) is 5. The lowest BCUT2D eigenvalue weighted by atomic mass is 10.1. The summed E-state index contributed by atoms with van der Waals surface area (Å²) in [6.07, 6.45) is 1.64. The van der Waals surface area contributed by atoms with E-state index in [0.717, 1.165) is 34.9 Å². The molecule has 26 heavy (non-hydrogen) atoms. The zero-order valence-electron chi connectivity index (χ0n) is 14.5. The van der Waals surface area contributed by atoms with Gasteiger partial charge >= 0.3 is 0 Å². The molecular formula is C19H22N4OS2. The van der Waals surface area contributed by atoms with Crippen LogP contribution in [0.1, 0.15) is 18.4 Å². The Morgan fingerprint density at radius 3 is 2.77 bits per heavy atom. The van der Waals surface area contributed by atoms with Gasteiger partial charge in [0.15, 0.2) is 10.6 Å². The van der Waals surface area contributed by atoms with Gasteiger partial charge in [-0.15, -0.1) is 16.4 Å². The minimum Gasteiger partial charge on any atom is -0.392 e. The van der Waals surface area contributed by atoms with Crippen molar-refractivity contribution in [2.24, 2.45) is 0 Å². The van der Waals surface area contributed by atoms with E-state index in [1.165, 1.54) is 5.56 Å². The van der Waals surface area contributed by atoms with Crippen molar-refractivity contribution >= 4 is 23.6 Å². The first-order valence-electron chi connectivity index (χ1n) is 8.86. The zero-order chi connectivity index (χ0) is 17.9. The normalized spacial score (nSPS) is 18.3. The standard InChI is InChI=1S/C19H22N4OS2/c24-16-8-4-10-21(13-16)14-23-19(25)22(12-15-6-2-1-3-7-15)18(20-23)17-9-5-11-26-17/h1-3,5-7,9,11,16,24H,4,8,10,12-14H2/t16-/m1/s1. The molecule has 1 aromatic carbocycles. The number of likely N-dealkylation sites (tertiary alicyclic amines) is 1. The highest BCUT2D eigenvalue weighted by atomic mass is 32.1. The molecule has 1 fully saturated rings. The average Bonchev–Trinajstić information content (AvgIpc) is 3.27. The number of benzene rings is 1. The average molecular weight is 387 g/mol. The minimum atomic E-state index is -0.249. The van der Waals surface area contributed by atoms with Crippen LogP contribution < -0.4 is 0 Å². The molecule has 0 saturated carbocycles. The SMILES string of the molecule is O[C@@H]1CCCN(Cn2nc(-c3cccs3)n(Cc3ccccc3)c2=S)C1. The van der Waals surface area contributed by atoms with Gasteiger partial charge in [-0.05, 0) is 42.1 Å². The van der Waals surface area contributed by atoms with Crippen molar-refractivity contribution in [2.75, 3.05) is 13.1 Å². The highest BCUT2D eigenvalue weighted by Crippen LogP contribution is 2.25. The molecule has 136 valence electrons. The van der Waals surface area contributed by atoms with Crippen LogP contribution in [-0.4, -0.2) is 43.5 Å². The topological polar surface area (TPSA) is 46.2 Å². The van der Waals surface area contributed by atoms with Crippen molar-refractivity contribution in [3.05, 3.63) is 58.2 Å². The Labute approximate surface area is 162 Å². The summed E-state index contributed by atoms with van der Waals surface area (Å²) in [4.78, 5) is 3.34. The van der Waals surface area contributed by atoms with Crippen LogP contribution in [0.5, 0.6) is 0 Å². The summed E-state index contributed by atoms with van der Waals surface area (Å²) in [5, 5.41) is 16.8. The summed E-state index contributed by atoms with van der Waals surface area (Å²) in [5.74, 6) is 0.909. The smallest absolute Gasteiger partial charge is 0.199 e. The molecule has 1 N–H and O–H groups in total. The summed E-state index contributed by atoms with van der Waals surface area (Å²) in [5.41, 5.74) is 1.20. The van der Waals surface area contributed by atoms with Gasteiger partial charge in [-0.1, -0.05) is 36.4 Å². The van der Waals surface area contributed by atoms with Gasteiger partial charge in [0.2, 0.25) is 0 Å². The number of nitrogens with zero attached hydrogens (tertiary/aromatic N) is 4. The van der Waals surface area contributed by atoms with Crippen LogP contribution in [0.4, 0.5) is 0 Å². The van der Waals surface area contributed by atoms with E-state index in [2.05, 4.69) is 33.0 Å². The fraction of sp³-hybridized carbons (Fsp3) is 0.368. The number of aliphatic hydroxyl groups is 1. The molecule has 1 aliphatic rings. The molecule has 3 aromatic rings. The van der Waals surface area contributed by atoms with E-state index in [9.17, 15) is 5.11 Å². The van der Waals surface area contributed by atoms with Gasteiger partial charge in [0.05, 0.1) is 24.2 Å². The van der Waals surface area contributed by atoms with E-state index in [1.54, 1.807) is 11.3 Å². The molecule has 4 rings (SSSR count). The summed E-state index contributed by atoms with van der Waals surface area (Å²) < 4.78 is 4.72. The number of rotatable bonds is 5. The van der Waals surface area contributed by atoms with Gasteiger partial charge in [-0.25, -0.2) is 4.68 Å². The van der Waals surface area contributed by atoms with E-state index in [-0.39, 0.29) is 6.10 Å². The van der Waals surface area contributed by atoms with Gasteiger partial charge in [-0.2, -0.15) is 0 Å². The largest absolute Gasteiger partial charge is 0.392 e. The van der Waals surface area contributed by atoms with Crippen molar-refractivity contribution in [1.29, 1.82) is 0 Å². The Kier molecular flexibility index (Phi) is 5.31. The molecule has 0 unspecified atom stereocenters. The molecule has 1 saturated heterocycles. The third-order valence-corrected chi connectivity index (χ3v) is 5.96. The lowest BCUT2D eigenvalue weighted by Crippen LogP contribution is -2.39.